The summed E-state index contributed by atoms with van der Waals surface area (Å²) in [4.78, 5) is 25.2. The minimum atomic E-state index is -0.342. The van der Waals surface area contributed by atoms with Gasteiger partial charge in [-0.25, -0.2) is 0 Å². The van der Waals surface area contributed by atoms with Crippen LogP contribution >= 0.6 is 0 Å². The quantitative estimate of drug-likeness (QED) is 0.679. The molecule has 90 valence electrons. The lowest BCUT2D eigenvalue weighted by atomic mass is 9.98. The van der Waals surface area contributed by atoms with Crippen LogP contribution in [0.1, 0.15) is 26.7 Å². The Labute approximate surface area is 95.1 Å². The first-order chi connectivity index (χ1) is 7.50. The number of rotatable bonds is 1. The molecule has 0 radical (unpaired) electrons. The van der Waals surface area contributed by atoms with Gasteiger partial charge < -0.3 is 15.0 Å². The summed E-state index contributed by atoms with van der Waals surface area (Å²) in [5.74, 6) is -0.136. The van der Waals surface area contributed by atoms with E-state index in [1.807, 2.05) is 13.8 Å². The van der Waals surface area contributed by atoms with Crippen LogP contribution in [-0.2, 0) is 14.3 Å². The molecule has 2 saturated heterocycles. The van der Waals surface area contributed by atoms with Crippen LogP contribution in [-0.4, -0.2) is 48.1 Å². The molecule has 0 saturated carbocycles. The van der Waals surface area contributed by atoms with Crippen LogP contribution < -0.4 is 5.32 Å². The molecule has 1 unspecified atom stereocenters. The third kappa shape index (κ3) is 2.04. The number of carbonyl (C=O) groups excluding carboxylic acids is 2. The van der Waals surface area contributed by atoms with Crippen molar-refractivity contribution in [2.75, 3.05) is 19.7 Å². The number of carbonyl (C=O) groups is 2. The average Bonchev–Trinajstić information content (AvgIpc) is 2.74. The normalized spacial score (nSPS) is 29.0. The number of piperazine rings is 1. The maximum absolute atomic E-state index is 12.2. The molecule has 2 aliphatic rings. The Morgan fingerprint density at radius 3 is 2.94 bits per heavy atom. The molecule has 0 bridgehead atoms. The maximum atomic E-state index is 12.2. The maximum Gasteiger partial charge on any atom is 0.252 e. The molecule has 16 heavy (non-hydrogen) atoms. The van der Waals surface area contributed by atoms with Gasteiger partial charge >= 0.3 is 0 Å². The van der Waals surface area contributed by atoms with Gasteiger partial charge in [0.2, 0.25) is 5.91 Å². The molecule has 5 heteroatoms. The number of nitrogens with zero attached hydrogens (tertiary/aromatic N) is 1. The summed E-state index contributed by atoms with van der Waals surface area (Å²) >= 11 is 0. The lowest BCUT2D eigenvalue weighted by Crippen LogP contribution is -2.63. The first kappa shape index (κ1) is 11.4. The summed E-state index contributed by atoms with van der Waals surface area (Å²) in [5, 5.41) is 2.77. The Morgan fingerprint density at radius 2 is 2.31 bits per heavy atom. The number of ether oxygens (including phenoxy) is 1. The van der Waals surface area contributed by atoms with Gasteiger partial charge in [0, 0.05) is 13.2 Å². The molecule has 0 aromatic carbocycles. The van der Waals surface area contributed by atoms with Crippen molar-refractivity contribution in [1.82, 2.24) is 10.2 Å². The fraction of sp³-hybridized carbons (Fsp3) is 0.818. The number of hydrogen-bond donors (Lipinski definition) is 1. The van der Waals surface area contributed by atoms with Crippen molar-refractivity contribution in [3.05, 3.63) is 0 Å². The molecule has 0 aliphatic carbocycles. The topological polar surface area (TPSA) is 58.6 Å². The first-order valence-corrected chi connectivity index (χ1v) is 5.70. The second-order valence-corrected chi connectivity index (χ2v) is 5.02. The monoisotopic (exact) mass is 226 g/mol. The highest BCUT2D eigenvalue weighted by atomic mass is 16.5. The van der Waals surface area contributed by atoms with Crippen LogP contribution in [0, 0.1) is 0 Å². The SMILES string of the molecule is CC1(C)CNC(=O)CN1C(=O)C1CCCO1. The second kappa shape index (κ2) is 4.05. The largest absolute Gasteiger partial charge is 0.368 e. The Kier molecular flexibility index (Phi) is 2.88. The van der Waals surface area contributed by atoms with Gasteiger partial charge in [-0.05, 0) is 26.7 Å². The zero-order valence-electron chi connectivity index (χ0n) is 9.78. The van der Waals surface area contributed by atoms with E-state index in [1.54, 1.807) is 4.90 Å². The molecule has 0 aromatic rings. The molecule has 2 rings (SSSR count). The lowest BCUT2D eigenvalue weighted by Gasteiger charge is -2.42. The van der Waals surface area contributed by atoms with Gasteiger partial charge in [0.25, 0.3) is 5.91 Å². The highest BCUT2D eigenvalue weighted by Gasteiger charge is 2.40. The van der Waals surface area contributed by atoms with E-state index < -0.39 is 0 Å². The molecule has 1 N–H and O–H groups in total. The van der Waals surface area contributed by atoms with E-state index >= 15 is 0 Å². The summed E-state index contributed by atoms with van der Waals surface area (Å²) in [6.45, 7) is 5.21. The summed E-state index contributed by atoms with van der Waals surface area (Å²) in [5.41, 5.74) is -0.322. The number of amides is 2. The van der Waals surface area contributed by atoms with Crippen LogP contribution in [0.2, 0.25) is 0 Å². The minimum absolute atomic E-state index is 0.0441. The molecule has 2 fully saturated rings. The predicted octanol–water partition coefficient (Wildman–Crippen LogP) is -0.0976. The molecule has 0 spiro atoms. The molecular weight excluding hydrogens is 208 g/mol. The van der Waals surface area contributed by atoms with E-state index in [-0.39, 0.29) is 30.0 Å². The van der Waals surface area contributed by atoms with Crippen LogP contribution in [0.15, 0.2) is 0 Å². The molecule has 2 aliphatic heterocycles. The van der Waals surface area contributed by atoms with Gasteiger partial charge in [0.05, 0.1) is 5.54 Å². The van der Waals surface area contributed by atoms with Crippen LogP contribution in [0.5, 0.6) is 0 Å². The summed E-state index contributed by atoms with van der Waals surface area (Å²) < 4.78 is 5.37. The summed E-state index contributed by atoms with van der Waals surface area (Å²) in [6.07, 6.45) is 1.36. The van der Waals surface area contributed by atoms with Crippen molar-refractivity contribution in [3.8, 4) is 0 Å². The molecule has 2 heterocycles. The van der Waals surface area contributed by atoms with Gasteiger partial charge in [-0.2, -0.15) is 0 Å². The zero-order chi connectivity index (χ0) is 11.8. The van der Waals surface area contributed by atoms with Gasteiger partial charge in [0.1, 0.15) is 12.6 Å². The van der Waals surface area contributed by atoms with E-state index in [0.29, 0.717) is 13.2 Å². The first-order valence-electron chi connectivity index (χ1n) is 5.70. The smallest absolute Gasteiger partial charge is 0.252 e. The van der Waals surface area contributed by atoms with Crippen molar-refractivity contribution < 1.29 is 14.3 Å². The zero-order valence-corrected chi connectivity index (χ0v) is 9.78. The summed E-state index contributed by atoms with van der Waals surface area (Å²) in [7, 11) is 0. The van der Waals surface area contributed by atoms with E-state index in [0.717, 1.165) is 12.8 Å². The van der Waals surface area contributed by atoms with Crippen molar-refractivity contribution >= 4 is 11.8 Å². The van der Waals surface area contributed by atoms with Crippen molar-refractivity contribution in [3.63, 3.8) is 0 Å². The van der Waals surface area contributed by atoms with Crippen molar-refractivity contribution in [2.45, 2.75) is 38.3 Å². The van der Waals surface area contributed by atoms with E-state index in [1.165, 1.54) is 0 Å². The van der Waals surface area contributed by atoms with Gasteiger partial charge in [-0.3, -0.25) is 9.59 Å². The highest BCUT2D eigenvalue weighted by molar-refractivity contribution is 5.89. The van der Waals surface area contributed by atoms with Crippen molar-refractivity contribution in [2.24, 2.45) is 0 Å². The number of nitrogens with one attached hydrogen (secondary N) is 1. The van der Waals surface area contributed by atoms with Crippen LogP contribution in [0.25, 0.3) is 0 Å². The Morgan fingerprint density at radius 1 is 1.56 bits per heavy atom. The molecule has 1 atom stereocenters. The number of hydrogen-bond acceptors (Lipinski definition) is 3. The third-order valence-electron chi connectivity index (χ3n) is 3.22. The molecule has 2 amide bonds. The highest BCUT2D eigenvalue weighted by Crippen LogP contribution is 2.22. The Balaban J connectivity index is 2.10. The second-order valence-electron chi connectivity index (χ2n) is 5.02. The van der Waals surface area contributed by atoms with Crippen molar-refractivity contribution in [1.29, 1.82) is 0 Å². The average molecular weight is 226 g/mol. The van der Waals surface area contributed by atoms with Gasteiger partial charge in [-0.1, -0.05) is 0 Å². The Bertz CT molecular complexity index is 308. The van der Waals surface area contributed by atoms with Gasteiger partial charge in [0.15, 0.2) is 0 Å². The van der Waals surface area contributed by atoms with E-state index in [9.17, 15) is 9.59 Å². The van der Waals surface area contributed by atoms with Crippen LogP contribution in [0.4, 0.5) is 0 Å². The van der Waals surface area contributed by atoms with Crippen LogP contribution in [0.3, 0.4) is 0 Å². The Hall–Kier alpha value is -1.10. The molecule has 5 nitrogen and oxygen atoms in total. The van der Waals surface area contributed by atoms with Gasteiger partial charge in [-0.15, -0.1) is 0 Å². The van der Waals surface area contributed by atoms with E-state index in [4.69, 9.17) is 4.74 Å². The standard InChI is InChI=1S/C11H18N2O3/c1-11(2)7-12-9(14)6-13(11)10(15)8-4-3-5-16-8/h8H,3-7H2,1-2H3,(H,12,14). The van der Waals surface area contributed by atoms with E-state index in [2.05, 4.69) is 5.32 Å². The fourth-order valence-corrected chi connectivity index (χ4v) is 2.15. The fourth-order valence-electron chi connectivity index (χ4n) is 2.15. The third-order valence-corrected chi connectivity index (χ3v) is 3.22. The lowest BCUT2D eigenvalue weighted by molar-refractivity contribution is -0.152. The summed E-state index contributed by atoms with van der Waals surface area (Å²) in [6, 6.07) is 0. The minimum Gasteiger partial charge on any atom is -0.368 e. The molecule has 0 aromatic heterocycles. The predicted molar refractivity (Wildman–Crippen MR) is 57.8 cm³/mol. The molecular formula is C11H18N2O3.